The first-order valence-corrected chi connectivity index (χ1v) is 6.56. The number of aromatic carboxylic acids is 1. The van der Waals surface area contributed by atoms with Crippen LogP contribution in [0.4, 0.5) is 0 Å². The van der Waals surface area contributed by atoms with Crippen molar-refractivity contribution in [2.45, 2.75) is 20.4 Å². The Bertz CT molecular complexity index is 605. The Hall–Kier alpha value is -1.59. The van der Waals surface area contributed by atoms with E-state index in [0.29, 0.717) is 22.9 Å². The van der Waals surface area contributed by atoms with E-state index < -0.39 is 5.97 Å². The largest absolute Gasteiger partial charge is 0.476 e. The third kappa shape index (κ3) is 2.72. The minimum Gasteiger partial charge on any atom is -0.476 e. The molecule has 0 spiro atoms. The number of carboxylic acid groups (broad SMARTS) is 1. The van der Waals surface area contributed by atoms with Crippen molar-refractivity contribution in [2.24, 2.45) is 0 Å². The molecule has 0 saturated carbocycles. The van der Waals surface area contributed by atoms with Gasteiger partial charge in [0.25, 0.3) is 0 Å². The molecule has 19 heavy (non-hydrogen) atoms. The molecule has 5 nitrogen and oxygen atoms in total. The number of imidazole rings is 1. The summed E-state index contributed by atoms with van der Waals surface area (Å²) in [5.41, 5.74) is 1.34. The summed E-state index contributed by atoms with van der Waals surface area (Å²) >= 11 is 5.91. The molecular weight excluding hydrogens is 266 g/mol. The van der Waals surface area contributed by atoms with Crippen molar-refractivity contribution in [3.8, 4) is 0 Å². The molecule has 102 valence electrons. The fraction of sp³-hybridized carbons (Fsp3) is 0.385. The van der Waals surface area contributed by atoms with Crippen LogP contribution in [0.1, 0.15) is 30.0 Å². The topological polar surface area (TPSA) is 57.8 Å². The van der Waals surface area contributed by atoms with Crippen molar-refractivity contribution in [1.29, 1.82) is 0 Å². The predicted molar refractivity (Wildman–Crippen MR) is 73.8 cm³/mol. The van der Waals surface area contributed by atoms with Gasteiger partial charge in [0.05, 0.1) is 5.69 Å². The smallest absolute Gasteiger partial charge is 0.356 e. The number of fused-ring (bicyclic) bond motifs is 1. The minimum absolute atomic E-state index is 0.0918. The Morgan fingerprint density at radius 3 is 2.74 bits per heavy atom. The van der Waals surface area contributed by atoms with Gasteiger partial charge in [-0.3, -0.25) is 4.90 Å². The highest BCUT2D eigenvalue weighted by atomic mass is 35.5. The van der Waals surface area contributed by atoms with Crippen molar-refractivity contribution in [3.05, 3.63) is 34.7 Å². The van der Waals surface area contributed by atoms with Gasteiger partial charge in [0, 0.05) is 23.8 Å². The molecule has 0 atom stereocenters. The molecule has 1 N–H and O–H groups in total. The van der Waals surface area contributed by atoms with Crippen LogP contribution in [-0.2, 0) is 6.54 Å². The van der Waals surface area contributed by atoms with Gasteiger partial charge in [0.15, 0.2) is 5.69 Å². The first-order valence-electron chi connectivity index (χ1n) is 6.19. The summed E-state index contributed by atoms with van der Waals surface area (Å²) in [6, 6.07) is 3.40. The van der Waals surface area contributed by atoms with Gasteiger partial charge in [0.2, 0.25) is 0 Å². The molecule has 0 saturated heterocycles. The van der Waals surface area contributed by atoms with Gasteiger partial charge in [-0.25, -0.2) is 9.78 Å². The SMILES string of the molecule is CCN(CC)Cc1c(C(=O)O)nc2cc(Cl)ccn12. The maximum absolute atomic E-state index is 11.3. The molecule has 0 radical (unpaired) electrons. The normalized spacial score (nSPS) is 11.4. The van der Waals surface area contributed by atoms with E-state index >= 15 is 0 Å². The highest BCUT2D eigenvalue weighted by Gasteiger charge is 2.19. The fourth-order valence-corrected chi connectivity index (χ4v) is 2.21. The van der Waals surface area contributed by atoms with E-state index in [1.807, 2.05) is 13.8 Å². The number of rotatable bonds is 5. The van der Waals surface area contributed by atoms with Crippen molar-refractivity contribution in [1.82, 2.24) is 14.3 Å². The number of pyridine rings is 1. The van der Waals surface area contributed by atoms with E-state index in [9.17, 15) is 9.90 Å². The van der Waals surface area contributed by atoms with Crippen LogP contribution in [0.5, 0.6) is 0 Å². The molecular formula is C13H16ClN3O2. The first kappa shape index (κ1) is 13.8. The van der Waals surface area contributed by atoms with Gasteiger partial charge in [0.1, 0.15) is 5.65 Å². The number of carboxylic acids is 1. The lowest BCUT2D eigenvalue weighted by Gasteiger charge is -2.17. The molecule has 2 rings (SSSR count). The molecule has 0 amide bonds. The maximum Gasteiger partial charge on any atom is 0.356 e. The van der Waals surface area contributed by atoms with E-state index in [2.05, 4.69) is 9.88 Å². The maximum atomic E-state index is 11.3. The van der Waals surface area contributed by atoms with E-state index in [4.69, 9.17) is 11.6 Å². The molecule has 0 unspecified atom stereocenters. The third-order valence-electron chi connectivity index (χ3n) is 3.16. The number of halogens is 1. The number of hydrogen-bond donors (Lipinski definition) is 1. The van der Waals surface area contributed by atoms with Gasteiger partial charge in [-0.2, -0.15) is 0 Å². The van der Waals surface area contributed by atoms with Crippen molar-refractivity contribution < 1.29 is 9.90 Å². The zero-order valence-electron chi connectivity index (χ0n) is 10.9. The van der Waals surface area contributed by atoms with Crippen LogP contribution >= 0.6 is 11.6 Å². The Kier molecular flexibility index (Phi) is 4.07. The molecule has 0 aliphatic carbocycles. The number of nitrogens with zero attached hydrogens (tertiary/aromatic N) is 3. The second-order valence-electron chi connectivity index (χ2n) is 4.25. The van der Waals surface area contributed by atoms with Gasteiger partial charge in [-0.1, -0.05) is 25.4 Å². The highest BCUT2D eigenvalue weighted by Crippen LogP contribution is 2.18. The Morgan fingerprint density at radius 1 is 1.47 bits per heavy atom. The highest BCUT2D eigenvalue weighted by molar-refractivity contribution is 6.30. The molecule has 2 aromatic heterocycles. The molecule has 2 heterocycles. The quantitative estimate of drug-likeness (QED) is 0.915. The van der Waals surface area contributed by atoms with Crippen LogP contribution in [0.25, 0.3) is 5.65 Å². The Labute approximate surface area is 116 Å². The summed E-state index contributed by atoms with van der Waals surface area (Å²) in [7, 11) is 0. The predicted octanol–water partition coefficient (Wildman–Crippen LogP) is 2.53. The molecule has 0 bridgehead atoms. The lowest BCUT2D eigenvalue weighted by molar-refractivity contribution is 0.0688. The van der Waals surface area contributed by atoms with Crippen molar-refractivity contribution in [2.75, 3.05) is 13.1 Å². The molecule has 0 aliphatic heterocycles. The monoisotopic (exact) mass is 281 g/mol. The van der Waals surface area contributed by atoms with Crippen LogP contribution in [0.3, 0.4) is 0 Å². The van der Waals surface area contributed by atoms with Gasteiger partial charge < -0.3 is 9.51 Å². The van der Waals surface area contributed by atoms with Crippen LogP contribution in [-0.4, -0.2) is 38.4 Å². The van der Waals surface area contributed by atoms with Crippen LogP contribution in [0, 0.1) is 0 Å². The number of carbonyl (C=O) groups is 1. The Morgan fingerprint density at radius 2 is 2.16 bits per heavy atom. The average molecular weight is 282 g/mol. The number of aromatic nitrogens is 2. The van der Waals surface area contributed by atoms with Gasteiger partial charge in [-0.05, 0) is 19.2 Å². The second-order valence-corrected chi connectivity index (χ2v) is 4.68. The molecule has 0 aliphatic rings. The van der Waals surface area contributed by atoms with Gasteiger partial charge in [-0.15, -0.1) is 0 Å². The standard InChI is InChI=1S/C13H16ClN3O2/c1-3-16(4-2)8-10-12(13(18)19)15-11-7-9(14)5-6-17(10)11/h5-7H,3-4,8H2,1-2H3,(H,18,19). The van der Waals surface area contributed by atoms with Crippen LogP contribution < -0.4 is 0 Å². The second kappa shape index (κ2) is 5.59. The number of hydrogen-bond acceptors (Lipinski definition) is 3. The van der Waals surface area contributed by atoms with Crippen LogP contribution in [0.15, 0.2) is 18.3 Å². The Balaban J connectivity index is 2.55. The third-order valence-corrected chi connectivity index (χ3v) is 3.39. The fourth-order valence-electron chi connectivity index (χ4n) is 2.05. The summed E-state index contributed by atoms with van der Waals surface area (Å²) in [6.45, 7) is 6.36. The van der Waals surface area contributed by atoms with Gasteiger partial charge >= 0.3 is 5.97 Å². The summed E-state index contributed by atoms with van der Waals surface area (Å²) in [6.07, 6.45) is 1.76. The van der Waals surface area contributed by atoms with E-state index in [1.165, 1.54) is 0 Å². The summed E-state index contributed by atoms with van der Waals surface area (Å²) in [5.74, 6) is -1.01. The zero-order valence-corrected chi connectivity index (χ0v) is 11.7. The van der Waals surface area contributed by atoms with Crippen LogP contribution in [0.2, 0.25) is 5.02 Å². The minimum atomic E-state index is -1.01. The summed E-state index contributed by atoms with van der Waals surface area (Å²) < 4.78 is 1.79. The first-order chi connectivity index (χ1) is 9.06. The molecule has 0 aromatic carbocycles. The lowest BCUT2D eigenvalue weighted by Crippen LogP contribution is -2.24. The molecule has 2 aromatic rings. The summed E-state index contributed by atoms with van der Waals surface area (Å²) in [5, 5.41) is 9.81. The molecule has 6 heteroatoms. The zero-order chi connectivity index (χ0) is 14.0. The van der Waals surface area contributed by atoms with Crippen molar-refractivity contribution in [3.63, 3.8) is 0 Å². The van der Waals surface area contributed by atoms with E-state index in [0.717, 1.165) is 13.1 Å². The lowest BCUT2D eigenvalue weighted by atomic mass is 10.3. The summed E-state index contributed by atoms with van der Waals surface area (Å²) in [4.78, 5) is 17.6. The van der Waals surface area contributed by atoms with E-state index in [1.54, 1.807) is 22.7 Å². The molecule has 0 fully saturated rings. The average Bonchev–Trinajstić information content (AvgIpc) is 2.73. The van der Waals surface area contributed by atoms with E-state index in [-0.39, 0.29) is 5.69 Å². The van der Waals surface area contributed by atoms with Crippen molar-refractivity contribution >= 4 is 23.2 Å².